The van der Waals surface area contributed by atoms with Gasteiger partial charge in [0.25, 0.3) is 0 Å². The molecule has 0 aliphatic carbocycles. The van der Waals surface area contributed by atoms with Gasteiger partial charge in [-0.25, -0.2) is 0 Å². The van der Waals surface area contributed by atoms with Crippen LogP contribution < -0.4 is 16.0 Å². The maximum absolute atomic E-state index is 11.4. The second-order valence-corrected chi connectivity index (χ2v) is 5.12. The van der Waals surface area contributed by atoms with E-state index in [1.54, 1.807) is 0 Å². The minimum absolute atomic E-state index is 0.00458. The standard InChI is InChI=1S/C14H29N3O3/c1-12(2)11-14(19)17-8-10-20-9-5-13(18)16-7-4-6-15-3/h12,15H,4-11H2,1-3H3,(H,16,18)(H,17,19). The fourth-order valence-corrected chi connectivity index (χ4v) is 1.55. The van der Waals surface area contributed by atoms with Gasteiger partial charge in [0, 0.05) is 25.9 Å². The van der Waals surface area contributed by atoms with E-state index in [9.17, 15) is 9.59 Å². The maximum Gasteiger partial charge on any atom is 0.222 e. The SMILES string of the molecule is CNCCCNC(=O)CCOCCNC(=O)CC(C)C. The summed E-state index contributed by atoms with van der Waals surface area (Å²) in [7, 11) is 1.88. The average Bonchev–Trinajstić information content (AvgIpc) is 2.38. The van der Waals surface area contributed by atoms with E-state index in [1.165, 1.54) is 0 Å². The van der Waals surface area contributed by atoms with Crippen LogP contribution in [0.3, 0.4) is 0 Å². The quantitative estimate of drug-likeness (QED) is 0.451. The molecule has 0 spiro atoms. The smallest absolute Gasteiger partial charge is 0.222 e. The summed E-state index contributed by atoms with van der Waals surface area (Å²) in [5.41, 5.74) is 0. The number of carbonyl (C=O) groups excluding carboxylic acids is 2. The predicted octanol–water partition coefficient (Wildman–Crippen LogP) is 0.281. The summed E-state index contributed by atoms with van der Waals surface area (Å²) in [6.45, 7) is 6.92. The van der Waals surface area contributed by atoms with Crippen molar-refractivity contribution in [3.05, 3.63) is 0 Å². The lowest BCUT2D eigenvalue weighted by atomic mass is 10.1. The number of hydrogen-bond donors (Lipinski definition) is 3. The Kier molecular flexibility index (Phi) is 12.1. The van der Waals surface area contributed by atoms with E-state index < -0.39 is 0 Å². The molecule has 0 bridgehead atoms. The minimum atomic E-state index is 0.00458. The third kappa shape index (κ3) is 13.3. The minimum Gasteiger partial charge on any atom is -0.379 e. The summed E-state index contributed by atoms with van der Waals surface area (Å²) < 4.78 is 5.30. The number of carbonyl (C=O) groups is 2. The number of amides is 2. The Bertz CT molecular complexity index is 270. The molecule has 6 nitrogen and oxygen atoms in total. The van der Waals surface area contributed by atoms with E-state index in [0.29, 0.717) is 45.1 Å². The Morgan fingerprint density at radius 3 is 2.35 bits per heavy atom. The number of nitrogens with one attached hydrogen (secondary N) is 3. The second kappa shape index (κ2) is 12.9. The lowest BCUT2D eigenvalue weighted by Gasteiger charge is -2.08. The van der Waals surface area contributed by atoms with Crippen LogP contribution in [0.25, 0.3) is 0 Å². The molecule has 3 N–H and O–H groups in total. The molecule has 0 fully saturated rings. The molecule has 0 aromatic heterocycles. The van der Waals surface area contributed by atoms with Crippen LogP contribution in [0.4, 0.5) is 0 Å². The summed E-state index contributed by atoms with van der Waals surface area (Å²) in [6, 6.07) is 0. The van der Waals surface area contributed by atoms with Gasteiger partial charge in [-0.2, -0.15) is 0 Å². The summed E-state index contributed by atoms with van der Waals surface area (Å²) in [4.78, 5) is 22.7. The van der Waals surface area contributed by atoms with Gasteiger partial charge in [0.05, 0.1) is 13.2 Å². The second-order valence-electron chi connectivity index (χ2n) is 5.12. The van der Waals surface area contributed by atoms with Crippen LogP contribution in [0.15, 0.2) is 0 Å². The van der Waals surface area contributed by atoms with Crippen LogP contribution in [-0.4, -0.2) is 51.7 Å². The van der Waals surface area contributed by atoms with Crippen molar-refractivity contribution >= 4 is 11.8 Å². The third-order valence-corrected chi connectivity index (χ3v) is 2.56. The highest BCUT2D eigenvalue weighted by Crippen LogP contribution is 1.97. The van der Waals surface area contributed by atoms with Gasteiger partial charge >= 0.3 is 0 Å². The van der Waals surface area contributed by atoms with Crippen LogP contribution >= 0.6 is 0 Å². The van der Waals surface area contributed by atoms with Crippen molar-refractivity contribution < 1.29 is 14.3 Å². The Labute approximate surface area is 122 Å². The highest BCUT2D eigenvalue weighted by atomic mass is 16.5. The molecule has 118 valence electrons. The Hall–Kier alpha value is -1.14. The molecule has 0 aliphatic rings. The van der Waals surface area contributed by atoms with Crippen LogP contribution in [-0.2, 0) is 14.3 Å². The van der Waals surface area contributed by atoms with Gasteiger partial charge in [-0.1, -0.05) is 13.8 Å². The number of rotatable bonds is 12. The number of hydrogen-bond acceptors (Lipinski definition) is 4. The molecule has 0 saturated carbocycles. The maximum atomic E-state index is 11.4. The molecule has 6 heteroatoms. The fraction of sp³-hybridized carbons (Fsp3) is 0.857. The molecule has 0 heterocycles. The van der Waals surface area contributed by atoms with Gasteiger partial charge in [0.2, 0.25) is 11.8 Å². The zero-order chi connectivity index (χ0) is 15.2. The summed E-state index contributed by atoms with van der Waals surface area (Å²) in [6.07, 6.45) is 1.82. The first-order valence-electron chi connectivity index (χ1n) is 7.32. The monoisotopic (exact) mass is 287 g/mol. The van der Waals surface area contributed by atoms with Crippen molar-refractivity contribution in [3.63, 3.8) is 0 Å². The highest BCUT2D eigenvalue weighted by Gasteiger charge is 2.04. The normalized spacial score (nSPS) is 10.6. The van der Waals surface area contributed by atoms with E-state index in [1.807, 2.05) is 20.9 Å². The molecule has 0 atom stereocenters. The third-order valence-electron chi connectivity index (χ3n) is 2.56. The van der Waals surface area contributed by atoms with Crippen molar-refractivity contribution in [1.29, 1.82) is 0 Å². The predicted molar refractivity (Wildman–Crippen MR) is 79.5 cm³/mol. The largest absolute Gasteiger partial charge is 0.379 e. The summed E-state index contributed by atoms with van der Waals surface area (Å²) >= 11 is 0. The molecule has 0 aromatic rings. The number of ether oxygens (including phenoxy) is 1. The first-order chi connectivity index (χ1) is 9.56. The average molecular weight is 287 g/mol. The molecule has 0 saturated heterocycles. The molecule has 20 heavy (non-hydrogen) atoms. The van der Waals surface area contributed by atoms with Crippen molar-refractivity contribution in [3.8, 4) is 0 Å². The van der Waals surface area contributed by atoms with Crippen molar-refractivity contribution in [2.24, 2.45) is 5.92 Å². The van der Waals surface area contributed by atoms with Gasteiger partial charge in [-0.3, -0.25) is 9.59 Å². The Balaban J connectivity index is 3.31. The molecular weight excluding hydrogens is 258 g/mol. The van der Waals surface area contributed by atoms with E-state index in [-0.39, 0.29) is 11.8 Å². The molecule has 2 amide bonds. The topological polar surface area (TPSA) is 79.5 Å². The van der Waals surface area contributed by atoms with Gasteiger partial charge in [0.15, 0.2) is 0 Å². The zero-order valence-corrected chi connectivity index (χ0v) is 13.0. The Morgan fingerprint density at radius 1 is 1.00 bits per heavy atom. The van der Waals surface area contributed by atoms with Crippen LogP contribution in [0, 0.1) is 5.92 Å². The van der Waals surface area contributed by atoms with E-state index >= 15 is 0 Å². The molecule has 0 rings (SSSR count). The van der Waals surface area contributed by atoms with Crippen molar-refractivity contribution in [2.45, 2.75) is 33.1 Å². The van der Waals surface area contributed by atoms with Gasteiger partial charge in [-0.15, -0.1) is 0 Å². The van der Waals surface area contributed by atoms with Gasteiger partial charge < -0.3 is 20.7 Å². The fourth-order valence-electron chi connectivity index (χ4n) is 1.55. The lowest BCUT2D eigenvalue weighted by molar-refractivity contribution is -0.123. The first-order valence-corrected chi connectivity index (χ1v) is 7.32. The lowest BCUT2D eigenvalue weighted by Crippen LogP contribution is -2.29. The summed E-state index contributed by atoms with van der Waals surface area (Å²) in [5, 5.41) is 8.62. The van der Waals surface area contributed by atoms with Crippen LogP contribution in [0.2, 0.25) is 0 Å². The highest BCUT2D eigenvalue weighted by molar-refractivity contribution is 5.76. The molecule has 0 aliphatic heterocycles. The molecule has 0 unspecified atom stereocenters. The molecular formula is C14H29N3O3. The first kappa shape index (κ1) is 18.9. The van der Waals surface area contributed by atoms with Gasteiger partial charge in [0.1, 0.15) is 0 Å². The zero-order valence-electron chi connectivity index (χ0n) is 13.0. The van der Waals surface area contributed by atoms with E-state index in [0.717, 1.165) is 13.0 Å². The van der Waals surface area contributed by atoms with E-state index in [2.05, 4.69) is 16.0 Å². The van der Waals surface area contributed by atoms with Crippen molar-refractivity contribution in [2.75, 3.05) is 39.9 Å². The molecule has 0 aromatic carbocycles. The van der Waals surface area contributed by atoms with Crippen LogP contribution in [0.1, 0.15) is 33.1 Å². The van der Waals surface area contributed by atoms with Crippen LogP contribution in [0.5, 0.6) is 0 Å². The van der Waals surface area contributed by atoms with Gasteiger partial charge in [-0.05, 0) is 25.9 Å². The Morgan fingerprint density at radius 2 is 1.70 bits per heavy atom. The van der Waals surface area contributed by atoms with E-state index in [4.69, 9.17) is 4.74 Å². The molecule has 0 radical (unpaired) electrons. The summed E-state index contributed by atoms with van der Waals surface area (Å²) in [5.74, 6) is 0.415. The van der Waals surface area contributed by atoms with Crippen molar-refractivity contribution in [1.82, 2.24) is 16.0 Å².